The van der Waals surface area contributed by atoms with Gasteiger partial charge in [0, 0.05) is 16.0 Å². The molecular weight excluding hydrogens is 318 g/mol. The predicted octanol–water partition coefficient (Wildman–Crippen LogP) is 4.76. The van der Waals surface area contributed by atoms with Crippen molar-refractivity contribution < 1.29 is 9.90 Å². The van der Waals surface area contributed by atoms with Crippen molar-refractivity contribution in [3.8, 4) is 21.7 Å². The molecule has 0 fully saturated rings. The Bertz CT molecular complexity index is 815. The van der Waals surface area contributed by atoms with Gasteiger partial charge in [0.25, 0.3) is 0 Å². The van der Waals surface area contributed by atoms with E-state index in [9.17, 15) is 4.79 Å². The Morgan fingerprint density at radius 3 is 2.64 bits per heavy atom. The van der Waals surface area contributed by atoms with Crippen LogP contribution in [-0.2, 0) is 11.2 Å². The summed E-state index contributed by atoms with van der Waals surface area (Å²) >= 11 is 7.58. The standard InChI is InChI=1S/C17H12ClNO2S/c18-12-6-7-14(15(8-12)11-4-2-1-3-5-11)17-19-13(10-22-17)9-16(20)21/h1-8,10H,9H2,(H,20,21). The van der Waals surface area contributed by atoms with Gasteiger partial charge in [0.05, 0.1) is 12.1 Å². The molecule has 2 aromatic carbocycles. The van der Waals surface area contributed by atoms with Crippen molar-refractivity contribution in [2.45, 2.75) is 6.42 Å². The summed E-state index contributed by atoms with van der Waals surface area (Å²) in [5.41, 5.74) is 3.57. The van der Waals surface area contributed by atoms with Gasteiger partial charge in [-0.2, -0.15) is 0 Å². The van der Waals surface area contributed by atoms with Crippen LogP contribution in [0.1, 0.15) is 5.69 Å². The van der Waals surface area contributed by atoms with E-state index in [1.54, 1.807) is 5.38 Å². The zero-order chi connectivity index (χ0) is 15.5. The summed E-state index contributed by atoms with van der Waals surface area (Å²) < 4.78 is 0. The van der Waals surface area contributed by atoms with Crippen molar-refractivity contribution >= 4 is 28.9 Å². The second kappa shape index (κ2) is 6.30. The Kier molecular flexibility index (Phi) is 4.22. The molecule has 0 bridgehead atoms. The van der Waals surface area contributed by atoms with Crippen LogP contribution in [0.25, 0.3) is 21.7 Å². The summed E-state index contributed by atoms with van der Waals surface area (Å²) in [5.74, 6) is -0.878. The largest absolute Gasteiger partial charge is 0.481 e. The minimum Gasteiger partial charge on any atom is -0.481 e. The van der Waals surface area contributed by atoms with Crippen molar-refractivity contribution in [2.75, 3.05) is 0 Å². The summed E-state index contributed by atoms with van der Waals surface area (Å²) in [4.78, 5) is 15.2. The molecule has 0 atom stereocenters. The molecule has 0 saturated heterocycles. The van der Waals surface area contributed by atoms with Gasteiger partial charge in [-0.3, -0.25) is 4.79 Å². The Morgan fingerprint density at radius 2 is 1.91 bits per heavy atom. The average Bonchev–Trinajstić information content (AvgIpc) is 2.95. The van der Waals surface area contributed by atoms with E-state index in [4.69, 9.17) is 16.7 Å². The number of carboxylic acid groups (broad SMARTS) is 1. The molecule has 1 N–H and O–H groups in total. The molecule has 0 radical (unpaired) electrons. The van der Waals surface area contributed by atoms with Crippen LogP contribution in [0.4, 0.5) is 0 Å². The highest BCUT2D eigenvalue weighted by molar-refractivity contribution is 7.13. The van der Waals surface area contributed by atoms with Crippen molar-refractivity contribution in [1.82, 2.24) is 4.98 Å². The molecule has 3 rings (SSSR count). The summed E-state index contributed by atoms with van der Waals surface area (Å²) in [6.45, 7) is 0. The average molecular weight is 330 g/mol. The number of carbonyl (C=O) groups is 1. The molecule has 1 aromatic heterocycles. The lowest BCUT2D eigenvalue weighted by Crippen LogP contribution is -1.99. The fraction of sp³-hybridized carbons (Fsp3) is 0.0588. The van der Waals surface area contributed by atoms with Gasteiger partial charge in [0.2, 0.25) is 0 Å². The number of hydrogen-bond donors (Lipinski definition) is 1. The first-order chi connectivity index (χ1) is 10.6. The molecule has 0 saturated carbocycles. The van der Waals surface area contributed by atoms with Gasteiger partial charge < -0.3 is 5.11 Å². The van der Waals surface area contributed by atoms with E-state index in [-0.39, 0.29) is 6.42 Å². The zero-order valence-corrected chi connectivity index (χ0v) is 13.1. The smallest absolute Gasteiger partial charge is 0.309 e. The first-order valence-electron chi connectivity index (χ1n) is 6.65. The molecule has 0 amide bonds. The third kappa shape index (κ3) is 3.18. The van der Waals surface area contributed by atoms with Crippen LogP contribution in [0.3, 0.4) is 0 Å². The van der Waals surface area contributed by atoms with E-state index >= 15 is 0 Å². The Labute approximate surface area is 136 Å². The molecule has 0 spiro atoms. The van der Waals surface area contributed by atoms with Crippen LogP contribution in [0.5, 0.6) is 0 Å². The van der Waals surface area contributed by atoms with E-state index in [1.807, 2.05) is 48.5 Å². The lowest BCUT2D eigenvalue weighted by molar-refractivity contribution is -0.136. The maximum Gasteiger partial charge on any atom is 0.309 e. The van der Waals surface area contributed by atoms with E-state index in [0.29, 0.717) is 10.7 Å². The highest BCUT2D eigenvalue weighted by Crippen LogP contribution is 2.35. The maximum absolute atomic E-state index is 10.8. The van der Waals surface area contributed by atoms with Gasteiger partial charge in [-0.05, 0) is 29.3 Å². The highest BCUT2D eigenvalue weighted by atomic mass is 35.5. The molecule has 0 aliphatic rings. The number of rotatable bonds is 4. The third-order valence-corrected chi connectivity index (χ3v) is 4.34. The van der Waals surface area contributed by atoms with Gasteiger partial charge >= 0.3 is 5.97 Å². The molecule has 3 aromatic rings. The number of aromatic nitrogens is 1. The number of aliphatic carboxylic acids is 1. The quantitative estimate of drug-likeness (QED) is 0.751. The van der Waals surface area contributed by atoms with Gasteiger partial charge in [-0.25, -0.2) is 4.98 Å². The van der Waals surface area contributed by atoms with E-state index in [1.165, 1.54) is 11.3 Å². The van der Waals surface area contributed by atoms with Crippen molar-refractivity contribution in [3.63, 3.8) is 0 Å². The van der Waals surface area contributed by atoms with Crippen LogP contribution < -0.4 is 0 Å². The maximum atomic E-state index is 10.8. The Hall–Kier alpha value is -2.17. The molecular formula is C17H12ClNO2S. The van der Waals surface area contributed by atoms with Crippen LogP contribution in [-0.4, -0.2) is 16.1 Å². The topological polar surface area (TPSA) is 50.2 Å². The second-order valence-corrected chi connectivity index (χ2v) is 6.06. The number of halogens is 1. The van der Waals surface area contributed by atoms with Gasteiger partial charge in [0.15, 0.2) is 0 Å². The fourth-order valence-corrected chi connectivity index (χ4v) is 3.26. The summed E-state index contributed by atoms with van der Waals surface area (Å²) in [7, 11) is 0. The zero-order valence-electron chi connectivity index (χ0n) is 11.5. The number of benzene rings is 2. The molecule has 1 heterocycles. The van der Waals surface area contributed by atoms with Gasteiger partial charge in [-0.15, -0.1) is 11.3 Å². The third-order valence-electron chi connectivity index (χ3n) is 3.18. The lowest BCUT2D eigenvalue weighted by Gasteiger charge is -2.08. The van der Waals surface area contributed by atoms with Crippen molar-refractivity contribution in [2.24, 2.45) is 0 Å². The number of hydrogen-bond acceptors (Lipinski definition) is 3. The molecule has 0 unspecified atom stereocenters. The molecule has 0 aliphatic carbocycles. The molecule has 5 heteroatoms. The minimum absolute atomic E-state index is 0.0647. The first-order valence-corrected chi connectivity index (χ1v) is 7.91. The van der Waals surface area contributed by atoms with Gasteiger partial charge in [-0.1, -0.05) is 41.9 Å². The molecule has 22 heavy (non-hydrogen) atoms. The Morgan fingerprint density at radius 1 is 1.14 bits per heavy atom. The lowest BCUT2D eigenvalue weighted by atomic mass is 10.00. The molecule has 3 nitrogen and oxygen atoms in total. The minimum atomic E-state index is -0.878. The fourth-order valence-electron chi connectivity index (χ4n) is 2.23. The van der Waals surface area contributed by atoms with Crippen LogP contribution in [0, 0.1) is 0 Å². The first kappa shape index (κ1) is 14.8. The molecule has 0 aliphatic heterocycles. The van der Waals surface area contributed by atoms with E-state index in [2.05, 4.69) is 4.98 Å². The van der Waals surface area contributed by atoms with Crippen molar-refractivity contribution in [1.29, 1.82) is 0 Å². The van der Waals surface area contributed by atoms with Crippen LogP contribution >= 0.6 is 22.9 Å². The van der Waals surface area contributed by atoms with Crippen LogP contribution in [0.15, 0.2) is 53.9 Å². The SMILES string of the molecule is O=C(O)Cc1csc(-c2ccc(Cl)cc2-c2ccccc2)n1. The normalized spacial score (nSPS) is 10.6. The van der Waals surface area contributed by atoms with E-state index < -0.39 is 5.97 Å². The van der Waals surface area contributed by atoms with Crippen LogP contribution in [0.2, 0.25) is 5.02 Å². The van der Waals surface area contributed by atoms with Crippen molar-refractivity contribution in [3.05, 3.63) is 64.6 Å². The number of thiazole rings is 1. The second-order valence-electron chi connectivity index (χ2n) is 4.77. The molecule has 110 valence electrons. The number of carboxylic acids is 1. The summed E-state index contributed by atoms with van der Waals surface area (Å²) in [6, 6.07) is 15.6. The summed E-state index contributed by atoms with van der Waals surface area (Å²) in [6.07, 6.45) is -0.0647. The predicted molar refractivity (Wildman–Crippen MR) is 89.3 cm³/mol. The van der Waals surface area contributed by atoms with E-state index in [0.717, 1.165) is 21.7 Å². The summed E-state index contributed by atoms with van der Waals surface area (Å²) in [5, 5.41) is 12.1. The number of nitrogens with zero attached hydrogens (tertiary/aromatic N) is 1. The van der Waals surface area contributed by atoms with Gasteiger partial charge in [0.1, 0.15) is 5.01 Å². The highest BCUT2D eigenvalue weighted by Gasteiger charge is 2.13. The Balaban J connectivity index is 2.07. The monoisotopic (exact) mass is 329 g/mol.